The Morgan fingerprint density at radius 3 is 1.86 bits per heavy atom. The van der Waals surface area contributed by atoms with Crippen LogP contribution in [0.5, 0.6) is 0 Å². The molecule has 0 bridgehead atoms. The summed E-state index contributed by atoms with van der Waals surface area (Å²) in [5, 5.41) is 3.53. The van der Waals surface area contributed by atoms with Crippen molar-refractivity contribution in [3.05, 3.63) is 35.9 Å². The predicted octanol–water partition coefficient (Wildman–Crippen LogP) is 6.33. The molecule has 0 heterocycles. The van der Waals surface area contributed by atoms with Crippen molar-refractivity contribution in [2.45, 2.75) is 85.1 Å². The van der Waals surface area contributed by atoms with E-state index in [1.807, 2.05) is 0 Å². The second-order valence-electron chi connectivity index (χ2n) is 7.80. The fourth-order valence-electron chi connectivity index (χ4n) is 2.79. The van der Waals surface area contributed by atoms with Crippen molar-refractivity contribution in [1.82, 2.24) is 5.32 Å². The van der Waals surface area contributed by atoms with E-state index < -0.39 is 0 Å². The Kier molecular flexibility index (Phi) is 10.2. The monoisotopic (exact) mass is 303 g/mol. The second kappa shape index (κ2) is 11.7. The quantitative estimate of drug-likeness (QED) is 0.445. The smallest absolute Gasteiger partial charge is 0.0205 e. The van der Waals surface area contributed by atoms with Crippen molar-refractivity contribution >= 4 is 0 Å². The summed E-state index contributed by atoms with van der Waals surface area (Å²) in [5.74, 6) is 0. The second-order valence-corrected chi connectivity index (χ2v) is 7.80. The third-order valence-electron chi connectivity index (χ3n) is 4.20. The molecule has 22 heavy (non-hydrogen) atoms. The van der Waals surface area contributed by atoms with Crippen LogP contribution < -0.4 is 5.32 Å². The highest BCUT2D eigenvalue weighted by Gasteiger charge is 2.08. The average molecular weight is 304 g/mol. The van der Waals surface area contributed by atoms with Gasteiger partial charge in [-0.3, -0.25) is 0 Å². The molecule has 126 valence electrons. The largest absolute Gasteiger partial charge is 0.313 e. The van der Waals surface area contributed by atoms with Crippen molar-refractivity contribution in [3.63, 3.8) is 0 Å². The van der Waals surface area contributed by atoms with Gasteiger partial charge in [0.2, 0.25) is 0 Å². The Morgan fingerprint density at radius 2 is 1.27 bits per heavy atom. The zero-order chi connectivity index (χ0) is 16.1. The molecule has 0 amide bonds. The Morgan fingerprint density at radius 1 is 0.727 bits per heavy atom. The zero-order valence-electron chi connectivity index (χ0n) is 15.2. The summed E-state index contributed by atoms with van der Waals surface area (Å²) in [6.07, 6.45) is 12.6. The van der Waals surface area contributed by atoms with Crippen LogP contribution in [0.4, 0.5) is 0 Å². The highest BCUT2D eigenvalue weighted by atomic mass is 14.8. The number of rotatable bonds is 12. The molecule has 0 aliphatic heterocycles. The van der Waals surface area contributed by atoms with Gasteiger partial charge in [-0.25, -0.2) is 0 Å². The van der Waals surface area contributed by atoms with Gasteiger partial charge in [0.15, 0.2) is 0 Å². The van der Waals surface area contributed by atoms with E-state index in [0.29, 0.717) is 5.41 Å². The lowest BCUT2D eigenvalue weighted by molar-refractivity contribution is 0.356. The molecule has 1 aromatic carbocycles. The third-order valence-corrected chi connectivity index (χ3v) is 4.20. The lowest BCUT2D eigenvalue weighted by atomic mass is 9.89. The summed E-state index contributed by atoms with van der Waals surface area (Å²) < 4.78 is 0. The molecule has 0 saturated carbocycles. The average Bonchev–Trinajstić information content (AvgIpc) is 2.48. The maximum absolute atomic E-state index is 3.53. The van der Waals surface area contributed by atoms with Crippen LogP contribution in [0.2, 0.25) is 0 Å². The van der Waals surface area contributed by atoms with E-state index >= 15 is 0 Å². The van der Waals surface area contributed by atoms with E-state index in [2.05, 4.69) is 56.4 Å². The van der Waals surface area contributed by atoms with Crippen molar-refractivity contribution in [2.24, 2.45) is 5.41 Å². The maximum atomic E-state index is 3.53. The van der Waals surface area contributed by atoms with Crippen LogP contribution in [-0.4, -0.2) is 6.54 Å². The van der Waals surface area contributed by atoms with E-state index in [4.69, 9.17) is 0 Å². The van der Waals surface area contributed by atoms with E-state index in [1.165, 1.54) is 63.4 Å². The molecule has 1 aromatic rings. The number of hydrogen-bond acceptors (Lipinski definition) is 1. The van der Waals surface area contributed by atoms with E-state index in [1.54, 1.807) is 0 Å². The Balaban J connectivity index is 1.78. The summed E-state index contributed by atoms with van der Waals surface area (Å²) in [7, 11) is 0. The van der Waals surface area contributed by atoms with Gasteiger partial charge in [0.25, 0.3) is 0 Å². The lowest BCUT2D eigenvalue weighted by Gasteiger charge is -2.17. The van der Waals surface area contributed by atoms with E-state index in [-0.39, 0.29) is 0 Å². The third kappa shape index (κ3) is 11.8. The van der Waals surface area contributed by atoms with Crippen LogP contribution in [0.25, 0.3) is 0 Å². The molecule has 0 aromatic heterocycles. The molecule has 0 aliphatic rings. The summed E-state index contributed by atoms with van der Waals surface area (Å²) in [5.41, 5.74) is 1.91. The van der Waals surface area contributed by atoms with Gasteiger partial charge < -0.3 is 5.32 Å². The number of nitrogens with one attached hydrogen (secondary N) is 1. The molecule has 1 heteroatoms. The molecule has 0 radical (unpaired) electrons. The standard InChI is InChI=1S/C21H37N/c1-21(2,3)17-13-8-6-4-5-7-9-14-18-22-19-20-15-11-10-12-16-20/h10-12,15-16,22H,4-9,13-14,17-19H2,1-3H3. The molecular weight excluding hydrogens is 266 g/mol. The Hall–Kier alpha value is -0.820. The predicted molar refractivity (Wildman–Crippen MR) is 99.2 cm³/mol. The molecule has 0 spiro atoms. The van der Waals surface area contributed by atoms with Gasteiger partial charge in [0.05, 0.1) is 0 Å². The molecule has 0 atom stereocenters. The summed E-state index contributed by atoms with van der Waals surface area (Å²) in [4.78, 5) is 0. The lowest BCUT2D eigenvalue weighted by Crippen LogP contribution is -2.14. The van der Waals surface area contributed by atoms with Crippen molar-refractivity contribution < 1.29 is 0 Å². The fraction of sp³-hybridized carbons (Fsp3) is 0.714. The minimum atomic E-state index is 0.521. The van der Waals surface area contributed by atoms with Gasteiger partial charge >= 0.3 is 0 Å². The minimum absolute atomic E-state index is 0.521. The van der Waals surface area contributed by atoms with Gasteiger partial charge in [0, 0.05) is 6.54 Å². The van der Waals surface area contributed by atoms with Gasteiger partial charge in [0.1, 0.15) is 0 Å². The molecule has 1 rings (SSSR count). The van der Waals surface area contributed by atoms with E-state index in [9.17, 15) is 0 Å². The first-order chi connectivity index (χ1) is 10.6. The summed E-state index contributed by atoms with van der Waals surface area (Å²) >= 11 is 0. The van der Waals surface area contributed by atoms with Crippen LogP contribution in [0.1, 0.15) is 84.1 Å². The van der Waals surface area contributed by atoms with Crippen molar-refractivity contribution in [3.8, 4) is 0 Å². The minimum Gasteiger partial charge on any atom is -0.313 e. The van der Waals surface area contributed by atoms with Gasteiger partial charge in [-0.2, -0.15) is 0 Å². The molecule has 0 aliphatic carbocycles. The fourth-order valence-corrected chi connectivity index (χ4v) is 2.79. The van der Waals surface area contributed by atoms with Gasteiger partial charge in [-0.1, -0.05) is 96.0 Å². The van der Waals surface area contributed by atoms with Crippen LogP contribution in [0.3, 0.4) is 0 Å². The molecule has 0 saturated heterocycles. The normalized spacial score (nSPS) is 11.8. The number of hydrogen-bond donors (Lipinski definition) is 1. The van der Waals surface area contributed by atoms with Crippen LogP contribution >= 0.6 is 0 Å². The highest BCUT2D eigenvalue weighted by molar-refractivity contribution is 5.14. The molecule has 1 nitrogen and oxygen atoms in total. The highest BCUT2D eigenvalue weighted by Crippen LogP contribution is 2.22. The van der Waals surface area contributed by atoms with Gasteiger partial charge in [-0.05, 0) is 30.4 Å². The van der Waals surface area contributed by atoms with E-state index in [0.717, 1.165) is 13.1 Å². The van der Waals surface area contributed by atoms with Crippen LogP contribution in [0.15, 0.2) is 30.3 Å². The Labute approximate surface area is 138 Å². The topological polar surface area (TPSA) is 12.0 Å². The van der Waals surface area contributed by atoms with Crippen molar-refractivity contribution in [2.75, 3.05) is 6.54 Å². The van der Waals surface area contributed by atoms with Crippen LogP contribution in [0, 0.1) is 5.41 Å². The Bertz CT molecular complexity index is 350. The first-order valence-corrected chi connectivity index (χ1v) is 9.32. The summed E-state index contributed by atoms with van der Waals surface area (Å²) in [6.45, 7) is 9.20. The van der Waals surface area contributed by atoms with Crippen LogP contribution in [-0.2, 0) is 6.54 Å². The summed E-state index contributed by atoms with van der Waals surface area (Å²) in [6, 6.07) is 10.7. The number of benzene rings is 1. The zero-order valence-corrected chi connectivity index (χ0v) is 15.2. The maximum Gasteiger partial charge on any atom is 0.0205 e. The molecule has 0 unspecified atom stereocenters. The first kappa shape index (κ1) is 19.2. The number of unbranched alkanes of at least 4 members (excludes halogenated alkanes) is 7. The van der Waals surface area contributed by atoms with Gasteiger partial charge in [-0.15, -0.1) is 0 Å². The SMILES string of the molecule is CC(C)(C)CCCCCCCCCCNCc1ccccc1. The molecular formula is C21H37N. The molecule has 0 fully saturated rings. The first-order valence-electron chi connectivity index (χ1n) is 9.32. The molecule has 1 N–H and O–H groups in total. The van der Waals surface area contributed by atoms with Crippen molar-refractivity contribution in [1.29, 1.82) is 0 Å².